The quantitative estimate of drug-likeness (QED) is 0.0245. The lowest BCUT2D eigenvalue weighted by molar-refractivity contribution is -0.151. The molecule has 0 radical (unpaired) electrons. The van der Waals surface area contributed by atoms with Gasteiger partial charge in [0.1, 0.15) is 6.10 Å². The molecule has 0 spiro atoms. The Hall–Kier alpha value is -2.44. The molecule has 6 nitrogen and oxygen atoms in total. The van der Waals surface area contributed by atoms with Crippen molar-refractivity contribution in [2.24, 2.45) is 0 Å². The smallest absolute Gasteiger partial charge is 0.306 e. The van der Waals surface area contributed by atoms with E-state index in [1.807, 2.05) is 0 Å². The van der Waals surface area contributed by atoms with Crippen LogP contribution in [-0.4, -0.2) is 46.9 Å². The van der Waals surface area contributed by atoms with E-state index < -0.39 is 18.2 Å². The monoisotopic (exact) mass is 882 g/mol. The standard InChI is InChI=1S/C57H103NO5/c1-4-7-10-13-16-19-21-23-25-27-28-29-31-33-35-38-41-44-47-50-57(62)63-53(48-45-42-39-37-34-32-30-26-24-22-20-17-14-11-8-5-2)51-56(61)58-54(52-59)55(60)49-46-43-40-36-18-15-12-9-6-3/h16,19,22-26,30,32,34,53-55,59-60H,4-15,17-18,20-21,27-29,31,33,35-52H2,1-3H3,(H,58,61)/b19-16-,24-22+,25-23-,30-26+,34-32+. The molecule has 0 saturated carbocycles. The molecule has 0 fully saturated rings. The lowest BCUT2D eigenvalue weighted by atomic mass is 10.0. The number of esters is 1. The summed E-state index contributed by atoms with van der Waals surface area (Å²) < 4.78 is 5.93. The Morgan fingerprint density at radius 2 is 0.873 bits per heavy atom. The largest absolute Gasteiger partial charge is 0.462 e. The third-order valence-electron chi connectivity index (χ3n) is 12.1. The molecule has 0 bridgehead atoms. The van der Waals surface area contributed by atoms with Gasteiger partial charge in [-0.25, -0.2) is 0 Å². The van der Waals surface area contributed by atoms with Gasteiger partial charge in [0.25, 0.3) is 0 Å². The van der Waals surface area contributed by atoms with E-state index in [1.165, 1.54) is 141 Å². The van der Waals surface area contributed by atoms with E-state index in [0.717, 1.165) is 77.0 Å². The first-order valence-corrected chi connectivity index (χ1v) is 27.0. The van der Waals surface area contributed by atoms with Crippen LogP contribution in [0.2, 0.25) is 0 Å². The maximum absolute atomic E-state index is 13.2. The highest BCUT2D eigenvalue weighted by Gasteiger charge is 2.24. The van der Waals surface area contributed by atoms with Crippen LogP contribution in [0.25, 0.3) is 0 Å². The summed E-state index contributed by atoms with van der Waals surface area (Å²) in [6, 6.07) is -0.714. The maximum atomic E-state index is 13.2. The van der Waals surface area contributed by atoms with Gasteiger partial charge >= 0.3 is 5.97 Å². The highest BCUT2D eigenvalue weighted by atomic mass is 16.5. The van der Waals surface area contributed by atoms with Gasteiger partial charge in [-0.1, -0.05) is 229 Å². The Bertz CT molecular complexity index is 1130. The van der Waals surface area contributed by atoms with Crippen LogP contribution in [0.3, 0.4) is 0 Å². The van der Waals surface area contributed by atoms with Gasteiger partial charge in [-0.15, -0.1) is 0 Å². The number of aliphatic hydroxyl groups excluding tert-OH is 2. The summed E-state index contributed by atoms with van der Waals surface area (Å²) in [5.41, 5.74) is 0. The molecule has 6 heteroatoms. The van der Waals surface area contributed by atoms with Crippen LogP contribution in [0.5, 0.6) is 0 Å². The van der Waals surface area contributed by atoms with Gasteiger partial charge in [-0.3, -0.25) is 9.59 Å². The first kappa shape index (κ1) is 60.6. The van der Waals surface area contributed by atoms with Crippen LogP contribution in [0, 0.1) is 0 Å². The summed E-state index contributed by atoms with van der Waals surface area (Å²) in [4.78, 5) is 26.2. The molecule has 0 aliphatic carbocycles. The first-order valence-electron chi connectivity index (χ1n) is 27.0. The van der Waals surface area contributed by atoms with E-state index in [9.17, 15) is 19.8 Å². The minimum absolute atomic E-state index is 0.0524. The average Bonchev–Trinajstić information content (AvgIpc) is 3.28. The summed E-state index contributed by atoms with van der Waals surface area (Å²) in [5.74, 6) is -0.509. The van der Waals surface area contributed by atoms with Gasteiger partial charge in [0, 0.05) is 6.42 Å². The zero-order chi connectivity index (χ0) is 45.9. The van der Waals surface area contributed by atoms with Crippen LogP contribution in [0.1, 0.15) is 265 Å². The number of hydrogen-bond donors (Lipinski definition) is 3. The number of amides is 1. The van der Waals surface area contributed by atoms with Crippen LogP contribution in [0.4, 0.5) is 0 Å². The van der Waals surface area contributed by atoms with Gasteiger partial charge in [-0.2, -0.15) is 0 Å². The van der Waals surface area contributed by atoms with E-state index >= 15 is 0 Å². The fourth-order valence-electron chi connectivity index (χ4n) is 7.99. The van der Waals surface area contributed by atoms with Gasteiger partial charge in [-0.05, 0) is 83.5 Å². The second-order valence-corrected chi connectivity index (χ2v) is 18.3. The van der Waals surface area contributed by atoms with Crippen molar-refractivity contribution in [3.8, 4) is 0 Å². The molecule has 0 aromatic rings. The average molecular weight is 882 g/mol. The van der Waals surface area contributed by atoms with E-state index in [-0.39, 0.29) is 24.9 Å². The fraction of sp³-hybridized carbons (Fsp3) is 0.789. The molecule has 1 amide bonds. The van der Waals surface area contributed by atoms with Crippen molar-refractivity contribution >= 4 is 11.9 Å². The number of ether oxygens (including phenoxy) is 1. The Kier molecular flexibility index (Phi) is 48.6. The highest BCUT2D eigenvalue weighted by Crippen LogP contribution is 2.17. The van der Waals surface area contributed by atoms with Crippen molar-refractivity contribution in [3.63, 3.8) is 0 Å². The molecule has 3 atom stereocenters. The number of aliphatic hydroxyl groups is 2. The van der Waals surface area contributed by atoms with Crippen molar-refractivity contribution in [2.75, 3.05) is 6.61 Å². The third kappa shape index (κ3) is 45.9. The fourth-order valence-corrected chi connectivity index (χ4v) is 7.99. The number of unbranched alkanes of at least 4 members (excludes halogenated alkanes) is 28. The molecule has 63 heavy (non-hydrogen) atoms. The molecular weight excluding hydrogens is 779 g/mol. The van der Waals surface area contributed by atoms with Gasteiger partial charge < -0.3 is 20.3 Å². The zero-order valence-electron chi connectivity index (χ0n) is 41.7. The Morgan fingerprint density at radius 1 is 0.476 bits per heavy atom. The van der Waals surface area contributed by atoms with Crippen molar-refractivity contribution in [1.29, 1.82) is 0 Å². The summed E-state index contributed by atoms with van der Waals surface area (Å²) in [5, 5.41) is 23.7. The summed E-state index contributed by atoms with van der Waals surface area (Å²) in [7, 11) is 0. The number of rotatable bonds is 48. The van der Waals surface area contributed by atoms with Gasteiger partial charge in [0.2, 0.25) is 5.91 Å². The number of hydrogen-bond acceptors (Lipinski definition) is 5. The predicted octanol–water partition coefficient (Wildman–Crippen LogP) is 16.4. The van der Waals surface area contributed by atoms with Crippen LogP contribution >= 0.6 is 0 Å². The number of carbonyl (C=O) groups is 2. The molecule has 0 aliphatic heterocycles. The molecule has 0 aromatic heterocycles. The lowest BCUT2D eigenvalue weighted by Gasteiger charge is -2.24. The Balaban J connectivity index is 4.60. The molecule has 0 aromatic carbocycles. The SMILES string of the molecule is CCCCC/C=C\C/C=C\CCCCCCCCCCCC(=O)OC(CCCCC/C=C/C=C/C=C/CCCCCCC)CC(=O)NC(CO)C(O)CCCCCCCCCCC. The molecule has 3 unspecified atom stereocenters. The van der Waals surface area contributed by atoms with Crippen molar-refractivity contribution < 1.29 is 24.5 Å². The second kappa shape index (κ2) is 50.6. The van der Waals surface area contributed by atoms with Crippen molar-refractivity contribution in [1.82, 2.24) is 5.32 Å². The van der Waals surface area contributed by atoms with Crippen LogP contribution in [0.15, 0.2) is 60.8 Å². The first-order chi connectivity index (χ1) is 31.0. The molecule has 0 saturated heterocycles. The van der Waals surface area contributed by atoms with E-state index in [1.54, 1.807) is 0 Å². The summed E-state index contributed by atoms with van der Waals surface area (Å²) in [6.07, 6.45) is 62.8. The summed E-state index contributed by atoms with van der Waals surface area (Å²) >= 11 is 0. The van der Waals surface area contributed by atoms with Crippen LogP contribution in [-0.2, 0) is 14.3 Å². The topological polar surface area (TPSA) is 95.9 Å². The minimum Gasteiger partial charge on any atom is -0.462 e. The lowest BCUT2D eigenvalue weighted by Crippen LogP contribution is -2.46. The second-order valence-electron chi connectivity index (χ2n) is 18.3. The van der Waals surface area contributed by atoms with Crippen molar-refractivity contribution in [2.45, 2.75) is 283 Å². The molecular formula is C57H103NO5. The third-order valence-corrected chi connectivity index (χ3v) is 12.1. The molecule has 0 aliphatic rings. The molecule has 3 N–H and O–H groups in total. The Labute approximate surface area is 390 Å². The van der Waals surface area contributed by atoms with E-state index in [4.69, 9.17) is 4.74 Å². The Morgan fingerprint density at radius 3 is 1.38 bits per heavy atom. The highest BCUT2D eigenvalue weighted by molar-refractivity contribution is 5.77. The normalized spacial score (nSPS) is 13.7. The van der Waals surface area contributed by atoms with Crippen molar-refractivity contribution in [3.05, 3.63) is 60.8 Å². The van der Waals surface area contributed by atoms with E-state index in [2.05, 4.69) is 86.8 Å². The number of nitrogens with one attached hydrogen (secondary N) is 1. The van der Waals surface area contributed by atoms with E-state index in [0.29, 0.717) is 19.3 Å². The zero-order valence-corrected chi connectivity index (χ0v) is 41.7. The van der Waals surface area contributed by atoms with Gasteiger partial charge in [0.15, 0.2) is 0 Å². The number of carbonyl (C=O) groups excluding carboxylic acids is 2. The minimum atomic E-state index is -0.798. The molecule has 0 rings (SSSR count). The van der Waals surface area contributed by atoms with Gasteiger partial charge in [0.05, 0.1) is 25.2 Å². The number of allylic oxidation sites excluding steroid dienone is 10. The molecule has 366 valence electrons. The van der Waals surface area contributed by atoms with Crippen LogP contribution < -0.4 is 5.32 Å². The maximum Gasteiger partial charge on any atom is 0.306 e. The predicted molar refractivity (Wildman–Crippen MR) is 273 cm³/mol. The molecule has 0 heterocycles. The summed E-state index contributed by atoms with van der Waals surface area (Å²) in [6.45, 7) is 6.42.